The lowest BCUT2D eigenvalue weighted by Gasteiger charge is -2.14. The summed E-state index contributed by atoms with van der Waals surface area (Å²) in [7, 11) is 0. The number of carbonyl (C=O) groups is 1. The van der Waals surface area contributed by atoms with Crippen LogP contribution in [-0.2, 0) is 4.79 Å². The number of nitrogens with one attached hydrogen (secondary N) is 2. The third-order valence-electron chi connectivity index (χ3n) is 4.31. The van der Waals surface area contributed by atoms with Gasteiger partial charge in [-0.2, -0.15) is 0 Å². The van der Waals surface area contributed by atoms with Gasteiger partial charge in [0.1, 0.15) is 0 Å². The molecule has 3 heteroatoms. The average molecular weight is 224 g/mol. The van der Waals surface area contributed by atoms with Crippen LogP contribution in [0.4, 0.5) is 0 Å². The topological polar surface area (TPSA) is 41.1 Å². The highest BCUT2D eigenvalue weighted by molar-refractivity contribution is 5.75. The van der Waals surface area contributed by atoms with Crippen molar-refractivity contribution in [1.82, 2.24) is 10.6 Å². The van der Waals surface area contributed by atoms with Gasteiger partial charge in [0.2, 0.25) is 5.91 Å². The van der Waals surface area contributed by atoms with Crippen molar-refractivity contribution in [3.63, 3.8) is 0 Å². The van der Waals surface area contributed by atoms with Gasteiger partial charge in [-0.1, -0.05) is 6.92 Å². The van der Waals surface area contributed by atoms with E-state index < -0.39 is 0 Å². The van der Waals surface area contributed by atoms with Crippen LogP contribution in [0.1, 0.15) is 45.4 Å². The summed E-state index contributed by atoms with van der Waals surface area (Å²) in [6.45, 7) is 5.37. The van der Waals surface area contributed by atoms with Gasteiger partial charge in [-0.15, -0.1) is 0 Å². The Morgan fingerprint density at radius 1 is 1.50 bits per heavy atom. The second-order valence-corrected chi connectivity index (χ2v) is 5.53. The Kier molecular flexibility index (Phi) is 3.85. The minimum absolute atomic E-state index is 0.256. The Morgan fingerprint density at radius 2 is 2.31 bits per heavy atom. The van der Waals surface area contributed by atoms with Crippen LogP contribution < -0.4 is 10.6 Å². The normalized spacial score (nSPS) is 26.7. The largest absolute Gasteiger partial charge is 0.356 e. The molecule has 0 spiro atoms. The fraction of sp³-hybridized carbons (Fsp3) is 0.923. The Morgan fingerprint density at radius 3 is 2.88 bits per heavy atom. The third kappa shape index (κ3) is 3.21. The van der Waals surface area contributed by atoms with Crippen molar-refractivity contribution < 1.29 is 4.79 Å². The lowest BCUT2D eigenvalue weighted by atomic mass is 10.0. The summed E-state index contributed by atoms with van der Waals surface area (Å²) in [4.78, 5) is 11.7. The van der Waals surface area contributed by atoms with Crippen molar-refractivity contribution in [2.24, 2.45) is 11.3 Å². The number of hydrogen-bond acceptors (Lipinski definition) is 2. The fourth-order valence-corrected chi connectivity index (χ4v) is 2.50. The summed E-state index contributed by atoms with van der Waals surface area (Å²) < 4.78 is 0. The fourth-order valence-electron chi connectivity index (χ4n) is 2.50. The van der Waals surface area contributed by atoms with Crippen LogP contribution in [0.3, 0.4) is 0 Å². The maximum absolute atomic E-state index is 11.7. The van der Waals surface area contributed by atoms with Crippen molar-refractivity contribution in [3.05, 3.63) is 0 Å². The predicted octanol–water partition coefficient (Wildman–Crippen LogP) is 1.68. The molecule has 1 amide bonds. The molecule has 0 aromatic rings. The zero-order valence-electron chi connectivity index (χ0n) is 10.3. The first-order valence-electron chi connectivity index (χ1n) is 6.71. The molecule has 3 nitrogen and oxygen atoms in total. The van der Waals surface area contributed by atoms with Crippen LogP contribution in [-0.4, -0.2) is 25.5 Å². The molecule has 1 atom stereocenters. The third-order valence-corrected chi connectivity index (χ3v) is 4.31. The summed E-state index contributed by atoms with van der Waals surface area (Å²) in [6.07, 6.45) is 6.82. The van der Waals surface area contributed by atoms with Gasteiger partial charge >= 0.3 is 0 Å². The quantitative estimate of drug-likeness (QED) is 0.721. The molecular weight excluding hydrogens is 200 g/mol. The second kappa shape index (κ2) is 5.17. The molecule has 2 rings (SSSR count). The summed E-state index contributed by atoms with van der Waals surface area (Å²) >= 11 is 0. The molecule has 2 N–H and O–H groups in total. The molecule has 0 aromatic heterocycles. The van der Waals surface area contributed by atoms with E-state index in [1.54, 1.807) is 0 Å². The SMILES string of the molecule is CCC1(CNC(=O)CCC2CCNC2)CC1. The van der Waals surface area contributed by atoms with Crippen LogP contribution in [0.5, 0.6) is 0 Å². The maximum Gasteiger partial charge on any atom is 0.220 e. The highest BCUT2D eigenvalue weighted by atomic mass is 16.1. The van der Waals surface area contributed by atoms with Crippen molar-refractivity contribution in [2.75, 3.05) is 19.6 Å². The molecule has 1 aliphatic carbocycles. The number of rotatable bonds is 6. The molecule has 0 bridgehead atoms. The van der Waals surface area contributed by atoms with Crippen molar-refractivity contribution in [1.29, 1.82) is 0 Å². The van der Waals surface area contributed by atoms with Crippen molar-refractivity contribution in [3.8, 4) is 0 Å². The monoisotopic (exact) mass is 224 g/mol. The standard InChI is InChI=1S/C13H24N2O/c1-2-13(6-7-13)10-15-12(16)4-3-11-5-8-14-9-11/h11,14H,2-10H2,1H3,(H,15,16). The van der Waals surface area contributed by atoms with Crippen molar-refractivity contribution >= 4 is 5.91 Å². The highest BCUT2D eigenvalue weighted by Crippen LogP contribution is 2.47. The maximum atomic E-state index is 11.7. The smallest absolute Gasteiger partial charge is 0.220 e. The molecule has 2 aliphatic rings. The minimum atomic E-state index is 0.256. The molecule has 2 fully saturated rings. The van der Waals surface area contributed by atoms with Gasteiger partial charge in [0.25, 0.3) is 0 Å². The molecule has 16 heavy (non-hydrogen) atoms. The lowest BCUT2D eigenvalue weighted by Crippen LogP contribution is -2.30. The van der Waals surface area contributed by atoms with E-state index in [1.165, 1.54) is 25.7 Å². The Hall–Kier alpha value is -0.570. The highest BCUT2D eigenvalue weighted by Gasteiger charge is 2.40. The molecule has 1 saturated carbocycles. The van der Waals surface area contributed by atoms with E-state index in [4.69, 9.17) is 0 Å². The van der Waals surface area contributed by atoms with Gasteiger partial charge < -0.3 is 10.6 Å². The number of amides is 1. The minimum Gasteiger partial charge on any atom is -0.356 e. The Bertz CT molecular complexity index is 242. The molecule has 0 radical (unpaired) electrons. The van der Waals surface area contributed by atoms with E-state index in [1.807, 2.05) is 0 Å². The number of carbonyl (C=O) groups excluding carboxylic acids is 1. The summed E-state index contributed by atoms with van der Waals surface area (Å²) in [5.41, 5.74) is 0.477. The zero-order valence-corrected chi connectivity index (χ0v) is 10.3. The van der Waals surface area contributed by atoms with Crippen LogP contribution in [0.25, 0.3) is 0 Å². The predicted molar refractivity (Wildman–Crippen MR) is 65.2 cm³/mol. The van der Waals surface area contributed by atoms with Gasteiger partial charge in [0.15, 0.2) is 0 Å². The second-order valence-electron chi connectivity index (χ2n) is 5.53. The van der Waals surface area contributed by atoms with Crippen LogP contribution in [0.15, 0.2) is 0 Å². The van der Waals surface area contributed by atoms with E-state index in [2.05, 4.69) is 17.6 Å². The average Bonchev–Trinajstić information content (AvgIpc) is 2.90. The summed E-state index contributed by atoms with van der Waals surface area (Å²) in [5.74, 6) is 0.985. The van der Waals surface area contributed by atoms with E-state index in [0.29, 0.717) is 11.8 Å². The van der Waals surface area contributed by atoms with Gasteiger partial charge in [0, 0.05) is 13.0 Å². The molecule has 1 saturated heterocycles. The molecule has 1 unspecified atom stereocenters. The van der Waals surface area contributed by atoms with Crippen LogP contribution in [0.2, 0.25) is 0 Å². The molecule has 92 valence electrons. The molecular formula is C13H24N2O. The van der Waals surface area contributed by atoms with E-state index in [9.17, 15) is 4.79 Å². The van der Waals surface area contributed by atoms with Crippen LogP contribution in [0, 0.1) is 11.3 Å². The summed E-state index contributed by atoms with van der Waals surface area (Å²) in [6, 6.07) is 0. The molecule has 0 aromatic carbocycles. The Labute approximate surface area is 98.4 Å². The van der Waals surface area contributed by atoms with E-state index >= 15 is 0 Å². The van der Waals surface area contributed by atoms with Gasteiger partial charge in [-0.05, 0) is 56.5 Å². The van der Waals surface area contributed by atoms with Gasteiger partial charge in [0.05, 0.1) is 0 Å². The lowest BCUT2D eigenvalue weighted by molar-refractivity contribution is -0.121. The van der Waals surface area contributed by atoms with Crippen molar-refractivity contribution in [2.45, 2.75) is 45.4 Å². The van der Waals surface area contributed by atoms with Crippen LogP contribution >= 0.6 is 0 Å². The van der Waals surface area contributed by atoms with E-state index in [0.717, 1.165) is 32.0 Å². The summed E-state index contributed by atoms with van der Waals surface area (Å²) in [5, 5.41) is 6.44. The molecule has 1 aliphatic heterocycles. The zero-order chi connectivity index (χ0) is 11.4. The van der Waals surface area contributed by atoms with E-state index in [-0.39, 0.29) is 5.91 Å². The first-order valence-corrected chi connectivity index (χ1v) is 6.71. The molecule has 1 heterocycles. The Balaban J connectivity index is 1.57. The number of hydrogen-bond donors (Lipinski definition) is 2. The first-order chi connectivity index (χ1) is 7.74. The first kappa shape index (κ1) is 11.9. The van der Waals surface area contributed by atoms with Gasteiger partial charge in [-0.25, -0.2) is 0 Å². The van der Waals surface area contributed by atoms with Gasteiger partial charge in [-0.3, -0.25) is 4.79 Å².